The Balaban J connectivity index is 2.65. The Labute approximate surface area is 95.3 Å². The maximum absolute atomic E-state index is 11.7. The van der Waals surface area contributed by atoms with Crippen LogP contribution in [0.15, 0.2) is 15.9 Å². The van der Waals surface area contributed by atoms with Crippen LogP contribution in [0.3, 0.4) is 0 Å². The molecule has 0 bridgehead atoms. The average molecular weight is 278 g/mol. The first-order chi connectivity index (χ1) is 6.50. The van der Waals surface area contributed by atoms with Gasteiger partial charge in [-0.1, -0.05) is 0 Å². The topological polar surface area (TPSA) is 49.3 Å². The third kappa shape index (κ3) is 3.16. The van der Waals surface area contributed by atoms with E-state index in [1.165, 1.54) is 11.3 Å². The van der Waals surface area contributed by atoms with E-state index in [9.17, 15) is 4.79 Å². The first-order valence-electron chi connectivity index (χ1n) is 4.24. The van der Waals surface area contributed by atoms with Crippen molar-refractivity contribution in [3.63, 3.8) is 0 Å². The van der Waals surface area contributed by atoms with Crippen LogP contribution in [-0.4, -0.2) is 23.2 Å². The van der Waals surface area contributed by atoms with Crippen LogP contribution in [0.1, 0.15) is 23.5 Å². The Bertz CT molecular complexity index is 324. The number of thiophene rings is 1. The number of aliphatic hydroxyl groups excluding tert-OH is 1. The number of halogens is 1. The average Bonchev–Trinajstić information content (AvgIpc) is 2.49. The molecule has 2 atom stereocenters. The molecule has 78 valence electrons. The van der Waals surface area contributed by atoms with Crippen LogP contribution in [0.25, 0.3) is 0 Å². The number of ketones is 1. The Morgan fingerprint density at radius 2 is 2.21 bits per heavy atom. The molecule has 0 fully saturated rings. The summed E-state index contributed by atoms with van der Waals surface area (Å²) in [6.45, 7) is 3.33. The summed E-state index contributed by atoms with van der Waals surface area (Å²) in [6.07, 6.45) is -0.669. The fourth-order valence-corrected chi connectivity index (χ4v) is 2.51. The molecule has 1 aromatic rings. The van der Waals surface area contributed by atoms with Crippen LogP contribution in [0.5, 0.6) is 0 Å². The highest BCUT2D eigenvalue weighted by Crippen LogP contribution is 2.23. The molecule has 2 unspecified atom stereocenters. The van der Waals surface area contributed by atoms with E-state index in [4.69, 9.17) is 5.11 Å². The maximum atomic E-state index is 11.7. The first-order valence-corrected chi connectivity index (χ1v) is 5.85. The molecule has 0 amide bonds. The summed E-state index contributed by atoms with van der Waals surface area (Å²) < 4.78 is 0.935. The molecule has 1 heterocycles. The van der Waals surface area contributed by atoms with E-state index < -0.39 is 6.23 Å². The smallest absolute Gasteiger partial charge is 0.189 e. The molecule has 0 saturated heterocycles. The molecular weight excluding hydrogens is 266 g/mol. The molecule has 0 aliphatic rings. The Kier molecular flexibility index (Phi) is 4.25. The highest BCUT2D eigenvalue weighted by Gasteiger charge is 2.17. The van der Waals surface area contributed by atoms with Crippen LogP contribution in [0, 0.1) is 0 Å². The van der Waals surface area contributed by atoms with Gasteiger partial charge in [0.1, 0.15) is 6.23 Å². The van der Waals surface area contributed by atoms with Gasteiger partial charge in [-0.25, -0.2) is 0 Å². The van der Waals surface area contributed by atoms with Gasteiger partial charge in [-0.15, -0.1) is 11.3 Å². The van der Waals surface area contributed by atoms with Gasteiger partial charge >= 0.3 is 0 Å². The summed E-state index contributed by atoms with van der Waals surface area (Å²) in [5, 5.41) is 11.8. The van der Waals surface area contributed by atoms with Crippen molar-refractivity contribution in [3.05, 3.63) is 20.8 Å². The molecule has 5 heteroatoms. The molecule has 0 spiro atoms. The summed E-state index contributed by atoms with van der Waals surface area (Å²) in [5.74, 6) is 0.00148. The van der Waals surface area contributed by atoms with Gasteiger partial charge in [0, 0.05) is 0 Å². The minimum Gasteiger partial charge on any atom is -0.379 e. The third-order valence-corrected chi connectivity index (χ3v) is 3.34. The van der Waals surface area contributed by atoms with E-state index in [1.807, 2.05) is 6.07 Å². The molecule has 1 rings (SSSR count). The number of aliphatic hydroxyl groups is 1. The highest BCUT2D eigenvalue weighted by atomic mass is 79.9. The summed E-state index contributed by atoms with van der Waals surface area (Å²) in [6, 6.07) is 3.25. The third-order valence-electron chi connectivity index (χ3n) is 1.70. The van der Waals surface area contributed by atoms with Crippen LogP contribution in [0.4, 0.5) is 0 Å². The molecule has 3 nitrogen and oxygen atoms in total. The molecule has 0 aliphatic heterocycles. The second-order valence-electron chi connectivity index (χ2n) is 3.03. The summed E-state index contributed by atoms with van der Waals surface area (Å²) in [7, 11) is 0. The van der Waals surface area contributed by atoms with Gasteiger partial charge in [-0.05, 0) is 41.9 Å². The van der Waals surface area contributed by atoms with Crippen molar-refractivity contribution in [3.8, 4) is 0 Å². The largest absolute Gasteiger partial charge is 0.379 e. The summed E-state index contributed by atoms with van der Waals surface area (Å²) in [5.41, 5.74) is 0. The van der Waals surface area contributed by atoms with Crippen molar-refractivity contribution in [2.75, 3.05) is 0 Å². The molecule has 0 radical (unpaired) electrons. The lowest BCUT2D eigenvalue weighted by atomic mass is 10.2. The van der Waals surface area contributed by atoms with Crippen LogP contribution < -0.4 is 5.32 Å². The van der Waals surface area contributed by atoms with Gasteiger partial charge < -0.3 is 5.11 Å². The number of nitrogens with one attached hydrogen (secondary N) is 1. The lowest BCUT2D eigenvalue weighted by Gasteiger charge is -2.13. The molecule has 0 aromatic carbocycles. The lowest BCUT2D eigenvalue weighted by molar-refractivity contribution is 0.0876. The molecule has 2 N–H and O–H groups in total. The van der Waals surface area contributed by atoms with Crippen LogP contribution in [-0.2, 0) is 0 Å². The molecular formula is C9H12BrNO2S. The molecule has 14 heavy (non-hydrogen) atoms. The predicted octanol–water partition coefficient (Wildman–Crippen LogP) is 2.01. The van der Waals surface area contributed by atoms with Gasteiger partial charge in [-0.2, -0.15) is 0 Å². The van der Waals surface area contributed by atoms with Crippen molar-refractivity contribution in [1.82, 2.24) is 5.32 Å². The minimum absolute atomic E-state index is 0.00148. The van der Waals surface area contributed by atoms with E-state index in [-0.39, 0.29) is 11.8 Å². The predicted molar refractivity (Wildman–Crippen MR) is 60.6 cm³/mol. The van der Waals surface area contributed by atoms with E-state index in [2.05, 4.69) is 21.2 Å². The van der Waals surface area contributed by atoms with Gasteiger partial charge in [0.2, 0.25) is 0 Å². The zero-order valence-corrected chi connectivity index (χ0v) is 10.4. The number of hydrogen-bond acceptors (Lipinski definition) is 4. The van der Waals surface area contributed by atoms with Crippen molar-refractivity contribution in [1.29, 1.82) is 0 Å². The zero-order chi connectivity index (χ0) is 10.7. The van der Waals surface area contributed by atoms with E-state index in [1.54, 1.807) is 19.9 Å². The van der Waals surface area contributed by atoms with Gasteiger partial charge in [0.15, 0.2) is 5.78 Å². The summed E-state index contributed by atoms with van der Waals surface area (Å²) in [4.78, 5) is 12.4. The molecule has 1 aromatic heterocycles. The Morgan fingerprint density at radius 1 is 1.57 bits per heavy atom. The van der Waals surface area contributed by atoms with Gasteiger partial charge in [-0.3, -0.25) is 10.1 Å². The van der Waals surface area contributed by atoms with E-state index in [0.29, 0.717) is 4.88 Å². The summed E-state index contributed by atoms with van der Waals surface area (Å²) >= 11 is 4.69. The van der Waals surface area contributed by atoms with Crippen molar-refractivity contribution in [2.45, 2.75) is 26.1 Å². The number of Topliss-reactive ketones (excluding diaryl/α,β-unsaturated/α-hetero) is 1. The molecule has 0 aliphatic carbocycles. The number of carbonyl (C=O) groups excluding carboxylic acids is 1. The zero-order valence-electron chi connectivity index (χ0n) is 7.95. The monoisotopic (exact) mass is 277 g/mol. The standard InChI is InChI=1S/C9H12BrNO2S/c1-5(11-6(2)12)9(13)7-3-4-8(10)14-7/h3-6,11-12H,1-2H3. The second-order valence-corrected chi connectivity index (χ2v) is 5.50. The normalized spacial score (nSPS) is 15.1. The van der Waals surface area contributed by atoms with Crippen molar-refractivity contribution < 1.29 is 9.90 Å². The van der Waals surface area contributed by atoms with E-state index in [0.717, 1.165) is 3.79 Å². The Hall–Kier alpha value is -0.230. The fourth-order valence-electron chi connectivity index (χ4n) is 1.10. The number of rotatable bonds is 4. The number of hydrogen-bond donors (Lipinski definition) is 2. The minimum atomic E-state index is -0.669. The van der Waals surface area contributed by atoms with E-state index >= 15 is 0 Å². The SMILES string of the molecule is CC(O)NC(C)C(=O)c1ccc(Br)s1. The maximum Gasteiger partial charge on any atom is 0.189 e. The fraction of sp³-hybridized carbons (Fsp3) is 0.444. The quantitative estimate of drug-likeness (QED) is 0.654. The lowest BCUT2D eigenvalue weighted by Crippen LogP contribution is -2.39. The van der Waals surface area contributed by atoms with Gasteiger partial charge in [0.25, 0.3) is 0 Å². The Morgan fingerprint density at radius 3 is 2.64 bits per heavy atom. The first kappa shape index (κ1) is 11.8. The number of carbonyl (C=O) groups is 1. The van der Waals surface area contributed by atoms with Crippen LogP contribution in [0.2, 0.25) is 0 Å². The second kappa shape index (κ2) is 5.02. The van der Waals surface area contributed by atoms with Gasteiger partial charge in [0.05, 0.1) is 14.7 Å². The van der Waals surface area contributed by atoms with Crippen LogP contribution >= 0.6 is 27.3 Å². The molecule has 0 saturated carbocycles. The highest BCUT2D eigenvalue weighted by molar-refractivity contribution is 9.11. The van der Waals surface area contributed by atoms with Crippen molar-refractivity contribution >= 4 is 33.0 Å². The van der Waals surface area contributed by atoms with Crippen molar-refractivity contribution in [2.24, 2.45) is 0 Å².